The molecule has 0 aromatic carbocycles. The summed E-state index contributed by atoms with van der Waals surface area (Å²) in [5.41, 5.74) is 1.31. The Hall–Kier alpha value is -0.720. The number of nitrogens with one attached hydrogen (secondary N) is 1. The van der Waals surface area contributed by atoms with E-state index in [-0.39, 0.29) is 0 Å². The van der Waals surface area contributed by atoms with Gasteiger partial charge in [-0.25, -0.2) is 4.98 Å². The van der Waals surface area contributed by atoms with Crippen LogP contribution in [0.1, 0.15) is 26.0 Å². The van der Waals surface area contributed by atoms with Gasteiger partial charge in [-0.05, 0) is 19.9 Å². The monoisotopic (exact) mass is 310 g/mol. The highest BCUT2D eigenvalue weighted by Gasteiger charge is 2.25. The van der Waals surface area contributed by atoms with Gasteiger partial charge in [-0.15, -0.1) is 11.3 Å². The maximum atomic E-state index is 4.88. The van der Waals surface area contributed by atoms with Gasteiger partial charge in [0.15, 0.2) is 10.8 Å². The second kappa shape index (κ2) is 6.37. The van der Waals surface area contributed by atoms with Gasteiger partial charge in [-0.1, -0.05) is 6.92 Å². The molecule has 4 nitrogen and oxygen atoms in total. The Labute approximate surface area is 128 Å². The summed E-state index contributed by atoms with van der Waals surface area (Å²) in [7, 11) is 0. The minimum Gasteiger partial charge on any atom is -0.351 e. The van der Waals surface area contributed by atoms with Crippen molar-refractivity contribution in [3.05, 3.63) is 17.3 Å². The molecule has 1 atom stereocenters. The van der Waals surface area contributed by atoms with Crippen molar-refractivity contribution >= 4 is 33.9 Å². The summed E-state index contributed by atoms with van der Waals surface area (Å²) >= 11 is 3.77. The van der Waals surface area contributed by atoms with Crippen molar-refractivity contribution in [2.75, 3.05) is 29.5 Å². The Bertz CT molecular complexity index is 563. The molecular formula is C14H22N4S2. The van der Waals surface area contributed by atoms with E-state index in [0.29, 0.717) is 6.04 Å². The molecule has 3 rings (SSSR count). The van der Waals surface area contributed by atoms with Gasteiger partial charge in [-0.3, -0.25) is 4.40 Å². The fraction of sp³-hybridized carbons (Fsp3) is 0.643. The highest BCUT2D eigenvalue weighted by atomic mass is 32.2. The number of aromatic nitrogens is 2. The lowest BCUT2D eigenvalue weighted by Crippen LogP contribution is -2.41. The average molecular weight is 310 g/mol. The van der Waals surface area contributed by atoms with Crippen LogP contribution in [0.5, 0.6) is 0 Å². The van der Waals surface area contributed by atoms with Crippen LogP contribution in [0.4, 0.5) is 5.82 Å². The first kappa shape index (κ1) is 14.2. The van der Waals surface area contributed by atoms with Gasteiger partial charge < -0.3 is 10.2 Å². The van der Waals surface area contributed by atoms with Crippen LogP contribution in [-0.2, 0) is 6.54 Å². The van der Waals surface area contributed by atoms with Gasteiger partial charge in [0.2, 0.25) is 0 Å². The minimum absolute atomic E-state index is 0.572. The second-order valence-electron chi connectivity index (χ2n) is 5.23. The number of imidazole rings is 1. The Balaban J connectivity index is 1.91. The van der Waals surface area contributed by atoms with E-state index in [0.717, 1.165) is 31.0 Å². The molecule has 1 aliphatic rings. The zero-order valence-electron chi connectivity index (χ0n) is 12.1. The fourth-order valence-corrected chi connectivity index (χ4v) is 4.38. The van der Waals surface area contributed by atoms with E-state index in [2.05, 4.69) is 40.0 Å². The number of hydrogen-bond donors (Lipinski definition) is 1. The number of thiazole rings is 1. The quantitative estimate of drug-likeness (QED) is 0.861. The number of thioether (sulfide) groups is 1. The first-order chi connectivity index (χ1) is 9.81. The van der Waals surface area contributed by atoms with E-state index in [1.54, 1.807) is 11.3 Å². The molecule has 0 aliphatic carbocycles. The van der Waals surface area contributed by atoms with Crippen LogP contribution in [0.15, 0.2) is 11.6 Å². The molecule has 1 N–H and O–H groups in total. The van der Waals surface area contributed by atoms with Crippen molar-refractivity contribution in [2.24, 2.45) is 0 Å². The maximum absolute atomic E-state index is 4.88. The summed E-state index contributed by atoms with van der Waals surface area (Å²) in [6.45, 7) is 7.58. The molecule has 0 radical (unpaired) electrons. The molecule has 1 aliphatic heterocycles. The van der Waals surface area contributed by atoms with Crippen molar-refractivity contribution in [1.82, 2.24) is 14.7 Å². The summed E-state index contributed by atoms with van der Waals surface area (Å²) in [5, 5.41) is 5.64. The van der Waals surface area contributed by atoms with Gasteiger partial charge in [0.25, 0.3) is 0 Å². The minimum atomic E-state index is 0.572. The fourth-order valence-electron chi connectivity index (χ4n) is 2.64. The third-order valence-electron chi connectivity index (χ3n) is 3.70. The number of anilines is 1. The Morgan fingerprint density at radius 2 is 2.40 bits per heavy atom. The van der Waals surface area contributed by atoms with Crippen LogP contribution in [-0.4, -0.2) is 40.0 Å². The topological polar surface area (TPSA) is 32.6 Å². The Kier molecular flexibility index (Phi) is 4.53. The van der Waals surface area contributed by atoms with E-state index in [1.807, 2.05) is 11.8 Å². The van der Waals surface area contributed by atoms with E-state index < -0.39 is 0 Å². The molecule has 6 heteroatoms. The highest BCUT2D eigenvalue weighted by Crippen LogP contribution is 2.29. The first-order valence-electron chi connectivity index (χ1n) is 7.30. The summed E-state index contributed by atoms with van der Waals surface area (Å²) in [6, 6.07) is 0.572. The molecule has 0 bridgehead atoms. The van der Waals surface area contributed by atoms with Crippen LogP contribution < -0.4 is 10.2 Å². The van der Waals surface area contributed by atoms with Crippen LogP contribution >= 0.6 is 23.1 Å². The molecule has 20 heavy (non-hydrogen) atoms. The largest absolute Gasteiger partial charge is 0.351 e. The van der Waals surface area contributed by atoms with Crippen molar-refractivity contribution in [3.8, 4) is 0 Å². The predicted molar refractivity (Wildman–Crippen MR) is 89.2 cm³/mol. The summed E-state index contributed by atoms with van der Waals surface area (Å²) in [4.78, 5) is 8.48. The zero-order chi connectivity index (χ0) is 13.9. The van der Waals surface area contributed by atoms with Crippen LogP contribution in [0.25, 0.3) is 4.96 Å². The molecular weight excluding hydrogens is 288 g/mol. The maximum Gasteiger partial charge on any atom is 0.195 e. The Morgan fingerprint density at radius 1 is 1.50 bits per heavy atom. The van der Waals surface area contributed by atoms with Gasteiger partial charge >= 0.3 is 0 Å². The van der Waals surface area contributed by atoms with Gasteiger partial charge in [-0.2, -0.15) is 11.8 Å². The number of rotatable bonds is 5. The van der Waals surface area contributed by atoms with Gasteiger partial charge in [0, 0.05) is 42.2 Å². The number of nitrogens with zero attached hydrogens (tertiary/aromatic N) is 3. The lowest BCUT2D eigenvalue weighted by molar-refractivity contribution is 0.646. The highest BCUT2D eigenvalue weighted by molar-refractivity contribution is 7.99. The molecule has 1 saturated heterocycles. The first-order valence-corrected chi connectivity index (χ1v) is 9.34. The predicted octanol–water partition coefficient (Wildman–Crippen LogP) is 2.84. The summed E-state index contributed by atoms with van der Waals surface area (Å²) in [5.74, 6) is 3.60. The number of fused-ring (bicyclic) bond motifs is 1. The summed E-state index contributed by atoms with van der Waals surface area (Å²) in [6.07, 6.45) is 3.31. The van der Waals surface area contributed by atoms with Crippen molar-refractivity contribution in [2.45, 2.75) is 32.9 Å². The molecule has 1 fully saturated rings. The van der Waals surface area contributed by atoms with E-state index >= 15 is 0 Å². The molecule has 3 heterocycles. The van der Waals surface area contributed by atoms with Gasteiger partial charge in [0.05, 0.1) is 5.69 Å². The average Bonchev–Trinajstić information content (AvgIpc) is 3.02. The van der Waals surface area contributed by atoms with E-state index in [4.69, 9.17) is 4.98 Å². The third kappa shape index (κ3) is 2.69. The van der Waals surface area contributed by atoms with Crippen molar-refractivity contribution in [1.29, 1.82) is 0 Å². The normalized spacial score (nSPS) is 19.9. The lowest BCUT2D eigenvalue weighted by Gasteiger charge is -2.34. The van der Waals surface area contributed by atoms with E-state index in [1.165, 1.54) is 23.0 Å². The molecule has 0 spiro atoms. The third-order valence-corrected chi connectivity index (χ3v) is 5.64. The van der Waals surface area contributed by atoms with Crippen molar-refractivity contribution < 1.29 is 0 Å². The standard InChI is InChI=1S/C14H22N4S2/c1-3-4-15-9-12-13(16-14-18(12)6-8-20-14)17-5-7-19-10-11(17)2/h6,8,11,15H,3-5,7,9-10H2,1-2H3. The SMILES string of the molecule is CCCNCc1c(N2CCSCC2C)nc2sccn12. The zero-order valence-corrected chi connectivity index (χ0v) is 13.8. The lowest BCUT2D eigenvalue weighted by atomic mass is 10.2. The number of hydrogen-bond acceptors (Lipinski definition) is 5. The molecule has 1 unspecified atom stereocenters. The molecule has 2 aromatic rings. The summed E-state index contributed by atoms with van der Waals surface area (Å²) < 4.78 is 2.25. The van der Waals surface area contributed by atoms with E-state index in [9.17, 15) is 0 Å². The second-order valence-corrected chi connectivity index (χ2v) is 7.25. The molecule has 0 amide bonds. The smallest absolute Gasteiger partial charge is 0.195 e. The van der Waals surface area contributed by atoms with Crippen molar-refractivity contribution in [3.63, 3.8) is 0 Å². The van der Waals surface area contributed by atoms with Crippen LogP contribution in [0, 0.1) is 0 Å². The molecule has 2 aromatic heterocycles. The van der Waals surface area contributed by atoms with Gasteiger partial charge in [0.1, 0.15) is 0 Å². The Morgan fingerprint density at radius 3 is 3.20 bits per heavy atom. The molecule has 110 valence electrons. The molecule has 0 saturated carbocycles. The van der Waals surface area contributed by atoms with Crippen LogP contribution in [0.2, 0.25) is 0 Å². The van der Waals surface area contributed by atoms with Crippen LogP contribution in [0.3, 0.4) is 0 Å².